The summed E-state index contributed by atoms with van der Waals surface area (Å²) in [5, 5.41) is 0.619. The smallest absolute Gasteiger partial charge is 0.162 e. The van der Waals surface area contributed by atoms with E-state index in [2.05, 4.69) is 6.92 Å². The topological polar surface area (TPSA) is 17.1 Å². The van der Waals surface area contributed by atoms with E-state index in [0.29, 0.717) is 17.0 Å². The van der Waals surface area contributed by atoms with Crippen molar-refractivity contribution < 1.29 is 4.79 Å². The molecule has 1 aromatic carbocycles. The fourth-order valence-electron chi connectivity index (χ4n) is 1.27. The van der Waals surface area contributed by atoms with Crippen LogP contribution in [0.4, 0.5) is 0 Å². The third kappa shape index (κ3) is 3.51. The molecule has 0 aromatic heterocycles. The van der Waals surface area contributed by atoms with E-state index in [1.807, 2.05) is 0 Å². The number of rotatable bonds is 5. The van der Waals surface area contributed by atoms with E-state index >= 15 is 0 Å². The zero-order valence-corrected chi connectivity index (χ0v) is 8.89. The van der Waals surface area contributed by atoms with Crippen LogP contribution in [-0.4, -0.2) is 5.78 Å². The molecule has 0 unspecified atom stereocenters. The molecule has 0 heterocycles. The monoisotopic (exact) mass is 209 g/mol. The van der Waals surface area contributed by atoms with E-state index in [-0.39, 0.29) is 5.78 Å². The van der Waals surface area contributed by atoms with Crippen LogP contribution in [0.15, 0.2) is 24.3 Å². The second-order valence-corrected chi connectivity index (χ2v) is 3.68. The highest BCUT2D eigenvalue weighted by Crippen LogP contribution is 2.13. The molecule has 0 atom stereocenters. The Balaban J connectivity index is 2.52. The largest absolute Gasteiger partial charge is 0.294 e. The minimum Gasteiger partial charge on any atom is -0.294 e. The lowest BCUT2D eigenvalue weighted by Crippen LogP contribution is -1.98. The van der Waals surface area contributed by atoms with Crippen LogP contribution in [0.2, 0.25) is 5.02 Å². The molecule has 1 rings (SSSR count). The molecule has 0 aliphatic carbocycles. The highest BCUT2D eigenvalue weighted by molar-refractivity contribution is 6.31. The van der Waals surface area contributed by atoms with Crippen LogP contribution in [0.5, 0.6) is 0 Å². The number of hydrogen-bond donors (Lipinski definition) is 0. The first-order chi connectivity index (χ1) is 6.74. The van der Waals surface area contributed by atoms with Crippen LogP contribution < -0.4 is 0 Å². The predicted molar refractivity (Wildman–Crippen MR) is 59.6 cm³/mol. The molecular weight excluding hydrogens is 196 g/mol. The Morgan fingerprint density at radius 1 is 1.36 bits per heavy atom. The average Bonchev–Trinajstić information content (AvgIpc) is 2.18. The summed E-state index contributed by atoms with van der Waals surface area (Å²) >= 11 is 5.79. The van der Waals surface area contributed by atoms with Crippen LogP contribution in [0.1, 0.15) is 36.0 Å². The molecule has 0 aliphatic heterocycles. The van der Waals surface area contributed by atoms with Gasteiger partial charge in [-0.25, -0.2) is 0 Å². The van der Waals surface area contributed by atoms with Crippen molar-refractivity contribution in [2.45, 2.75) is 25.7 Å². The van der Waals surface area contributed by atoms with Gasteiger partial charge in [0, 0.05) is 17.0 Å². The Morgan fingerprint density at radius 3 is 2.79 bits per heavy atom. The van der Waals surface area contributed by atoms with Crippen molar-refractivity contribution in [1.82, 2.24) is 0 Å². The quantitative estimate of drug-likeness (QED) is 0.531. The van der Waals surface area contributed by atoms with Crippen molar-refractivity contribution in [3.8, 4) is 0 Å². The molecule has 0 aliphatic rings. The van der Waals surface area contributed by atoms with Gasteiger partial charge in [-0.15, -0.1) is 0 Å². The number of ketones is 1. The molecule has 0 saturated carbocycles. The van der Waals surface area contributed by atoms with Gasteiger partial charge in [0.2, 0.25) is 0 Å². The molecule has 2 heteroatoms. The van der Waals surface area contributed by atoms with E-state index in [0.717, 1.165) is 19.3 Å². The molecule has 0 N–H and O–H groups in total. The summed E-state index contributed by atoms with van der Waals surface area (Å²) in [6.07, 6.45) is 3.40. The maximum atomic E-state index is 11.6. The van der Waals surface area contributed by atoms with Gasteiger partial charge >= 0.3 is 0 Å². The maximum absolute atomic E-state index is 11.6. The van der Waals surface area contributed by atoms with Crippen molar-refractivity contribution in [1.29, 1.82) is 0 Å². The third-order valence-corrected chi connectivity index (χ3v) is 2.29. The molecule has 75 valence electrons. The van der Waals surface area contributed by atoms with Gasteiger partial charge in [0.25, 0.3) is 0 Å². The lowest BCUT2D eigenvalue weighted by atomic mass is 10.1. The number of hydrogen-bond acceptors (Lipinski definition) is 1. The number of carbonyl (C=O) groups excluding carboxylic acids is 1. The highest BCUT2D eigenvalue weighted by atomic mass is 35.5. The van der Waals surface area contributed by atoms with E-state index in [1.54, 1.807) is 24.3 Å². The normalized spacial score (nSPS) is 10.1. The molecule has 0 bridgehead atoms. The number of unbranched alkanes of at least 4 members (excludes halogenated alkanes) is 2. The van der Waals surface area contributed by atoms with Crippen LogP contribution in [0.25, 0.3) is 0 Å². The number of halogens is 1. The summed E-state index contributed by atoms with van der Waals surface area (Å²) in [6, 6.07) is 7.09. The van der Waals surface area contributed by atoms with Crippen molar-refractivity contribution in [2.24, 2.45) is 0 Å². The molecule has 14 heavy (non-hydrogen) atoms. The highest BCUT2D eigenvalue weighted by Gasteiger charge is 2.04. The molecule has 1 radical (unpaired) electrons. The summed E-state index contributed by atoms with van der Waals surface area (Å²) in [5.74, 6) is 0.168. The van der Waals surface area contributed by atoms with Crippen LogP contribution in [0, 0.1) is 6.92 Å². The van der Waals surface area contributed by atoms with Crippen LogP contribution in [0.3, 0.4) is 0 Å². The Kier molecular flexibility index (Phi) is 4.68. The lowest BCUT2D eigenvalue weighted by Gasteiger charge is -2.00. The number of benzene rings is 1. The van der Waals surface area contributed by atoms with Gasteiger partial charge < -0.3 is 0 Å². The predicted octanol–water partition coefficient (Wildman–Crippen LogP) is 3.92. The van der Waals surface area contributed by atoms with Crippen molar-refractivity contribution in [3.05, 3.63) is 41.8 Å². The minimum absolute atomic E-state index is 0.168. The second-order valence-electron chi connectivity index (χ2n) is 3.24. The number of Topliss-reactive ketones (excluding diaryl/α,β-unsaturated/α-hetero) is 1. The Morgan fingerprint density at radius 2 is 2.14 bits per heavy atom. The summed E-state index contributed by atoms with van der Waals surface area (Å²) < 4.78 is 0. The molecular formula is C12H14ClO. The maximum Gasteiger partial charge on any atom is 0.162 e. The first-order valence-electron chi connectivity index (χ1n) is 4.82. The second kappa shape index (κ2) is 5.82. The number of carbonyl (C=O) groups is 1. The molecule has 0 saturated heterocycles. The van der Waals surface area contributed by atoms with E-state index in [9.17, 15) is 4.79 Å². The van der Waals surface area contributed by atoms with Crippen molar-refractivity contribution in [2.75, 3.05) is 0 Å². The average molecular weight is 210 g/mol. The Bertz CT molecular complexity index is 307. The van der Waals surface area contributed by atoms with Crippen LogP contribution >= 0.6 is 11.6 Å². The fourth-order valence-corrected chi connectivity index (χ4v) is 1.46. The summed E-state index contributed by atoms with van der Waals surface area (Å²) in [5.41, 5.74) is 0.710. The van der Waals surface area contributed by atoms with Gasteiger partial charge in [0.05, 0.1) is 0 Å². The van der Waals surface area contributed by atoms with Gasteiger partial charge in [-0.05, 0) is 18.6 Å². The van der Waals surface area contributed by atoms with Gasteiger partial charge in [-0.1, -0.05) is 43.5 Å². The van der Waals surface area contributed by atoms with Gasteiger partial charge in [0.1, 0.15) is 0 Å². The van der Waals surface area contributed by atoms with Crippen LogP contribution in [-0.2, 0) is 0 Å². The van der Waals surface area contributed by atoms with Gasteiger partial charge in [-0.3, -0.25) is 4.79 Å². The van der Waals surface area contributed by atoms with Crippen molar-refractivity contribution >= 4 is 17.4 Å². The zero-order chi connectivity index (χ0) is 10.4. The lowest BCUT2D eigenvalue weighted by molar-refractivity contribution is 0.0979. The standard InChI is InChI=1S/C12H14ClO/c1-2-3-4-8-12(14)10-6-5-7-11(13)9-10/h5-7,9H,1-4,8H2. The minimum atomic E-state index is 0.168. The Hall–Kier alpha value is -0.820. The SMILES string of the molecule is [CH2]CCCCC(=O)c1cccc(Cl)c1. The first-order valence-corrected chi connectivity index (χ1v) is 5.20. The fraction of sp³-hybridized carbons (Fsp3) is 0.333. The summed E-state index contributed by atoms with van der Waals surface area (Å²) in [7, 11) is 0. The Labute approximate surface area is 90.1 Å². The summed E-state index contributed by atoms with van der Waals surface area (Å²) in [6.45, 7) is 3.74. The molecule has 1 aromatic rings. The van der Waals surface area contributed by atoms with E-state index in [4.69, 9.17) is 11.6 Å². The van der Waals surface area contributed by atoms with E-state index < -0.39 is 0 Å². The molecule has 0 spiro atoms. The molecule has 0 fully saturated rings. The summed E-state index contributed by atoms with van der Waals surface area (Å²) in [4.78, 5) is 11.6. The van der Waals surface area contributed by atoms with Crippen molar-refractivity contribution in [3.63, 3.8) is 0 Å². The van der Waals surface area contributed by atoms with Gasteiger partial charge in [0.15, 0.2) is 5.78 Å². The first kappa shape index (κ1) is 11.3. The third-order valence-electron chi connectivity index (χ3n) is 2.05. The van der Waals surface area contributed by atoms with Gasteiger partial charge in [-0.2, -0.15) is 0 Å². The zero-order valence-electron chi connectivity index (χ0n) is 8.13. The molecule has 1 nitrogen and oxygen atoms in total. The van der Waals surface area contributed by atoms with E-state index in [1.165, 1.54) is 0 Å². The molecule has 0 amide bonds.